The Bertz CT molecular complexity index is 621. The lowest BCUT2D eigenvalue weighted by Gasteiger charge is -2.07. The van der Waals surface area contributed by atoms with Gasteiger partial charge in [-0.3, -0.25) is 4.79 Å². The van der Waals surface area contributed by atoms with Crippen molar-refractivity contribution in [1.82, 2.24) is 0 Å². The van der Waals surface area contributed by atoms with Gasteiger partial charge in [-0.05, 0) is 48.9 Å². The minimum Gasteiger partial charge on any atom is -0.399 e. The summed E-state index contributed by atoms with van der Waals surface area (Å²) in [5.74, 6) is -1.37. The van der Waals surface area contributed by atoms with Gasteiger partial charge < -0.3 is 11.1 Å². The van der Waals surface area contributed by atoms with Crippen LogP contribution in [-0.2, 0) is 0 Å². The maximum Gasteiger partial charge on any atom is 0.255 e. The number of hydrogen-bond donors (Lipinski definition) is 2. The van der Waals surface area contributed by atoms with E-state index in [4.69, 9.17) is 5.73 Å². The average molecular weight is 262 g/mol. The molecule has 0 radical (unpaired) electrons. The monoisotopic (exact) mass is 262 g/mol. The molecule has 0 bridgehead atoms. The van der Waals surface area contributed by atoms with Crippen molar-refractivity contribution in [1.29, 1.82) is 0 Å². The molecular weight excluding hydrogens is 250 g/mol. The highest BCUT2D eigenvalue weighted by Crippen LogP contribution is 2.17. The fourth-order valence-electron chi connectivity index (χ4n) is 1.67. The van der Waals surface area contributed by atoms with Gasteiger partial charge in [-0.15, -0.1) is 0 Å². The van der Waals surface area contributed by atoms with E-state index >= 15 is 0 Å². The van der Waals surface area contributed by atoms with Crippen molar-refractivity contribution >= 4 is 17.3 Å². The van der Waals surface area contributed by atoms with Crippen molar-refractivity contribution in [2.45, 2.75) is 6.92 Å². The SMILES string of the molecule is Cc1cc(C(=O)Nc2cc(N)cc(F)c2)ccc1F. The Morgan fingerprint density at radius 1 is 1.16 bits per heavy atom. The second-order valence-corrected chi connectivity index (χ2v) is 4.19. The second kappa shape index (κ2) is 5.06. The van der Waals surface area contributed by atoms with Crippen molar-refractivity contribution in [2.75, 3.05) is 11.1 Å². The van der Waals surface area contributed by atoms with E-state index in [1.165, 1.54) is 24.3 Å². The molecule has 0 heterocycles. The highest BCUT2D eigenvalue weighted by molar-refractivity contribution is 6.04. The van der Waals surface area contributed by atoms with Gasteiger partial charge in [0.25, 0.3) is 5.91 Å². The lowest BCUT2D eigenvalue weighted by atomic mass is 10.1. The van der Waals surface area contributed by atoms with E-state index in [-0.39, 0.29) is 17.2 Å². The Morgan fingerprint density at radius 3 is 2.53 bits per heavy atom. The molecule has 0 atom stereocenters. The van der Waals surface area contributed by atoms with Crippen LogP contribution in [0.4, 0.5) is 20.2 Å². The summed E-state index contributed by atoms with van der Waals surface area (Å²) in [5, 5.41) is 2.51. The lowest BCUT2D eigenvalue weighted by molar-refractivity contribution is 0.102. The van der Waals surface area contributed by atoms with Crippen LogP contribution < -0.4 is 11.1 Å². The van der Waals surface area contributed by atoms with Crippen LogP contribution in [0.1, 0.15) is 15.9 Å². The largest absolute Gasteiger partial charge is 0.399 e. The molecule has 0 saturated heterocycles. The summed E-state index contributed by atoms with van der Waals surface area (Å²) in [6, 6.07) is 7.75. The molecule has 2 aromatic carbocycles. The van der Waals surface area contributed by atoms with Crippen molar-refractivity contribution in [3.8, 4) is 0 Å². The van der Waals surface area contributed by atoms with Crippen LogP contribution in [-0.4, -0.2) is 5.91 Å². The number of carbonyl (C=O) groups is 1. The third-order valence-electron chi connectivity index (χ3n) is 2.60. The molecule has 3 nitrogen and oxygen atoms in total. The van der Waals surface area contributed by atoms with Crippen LogP contribution in [0, 0.1) is 18.6 Å². The molecule has 98 valence electrons. The predicted molar refractivity (Wildman–Crippen MR) is 69.9 cm³/mol. The highest BCUT2D eigenvalue weighted by Gasteiger charge is 2.09. The molecule has 3 N–H and O–H groups in total. The molecule has 19 heavy (non-hydrogen) atoms. The summed E-state index contributed by atoms with van der Waals surface area (Å²) in [6.45, 7) is 1.56. The molecule has 0 aromatic heterocycles. The molecule has 0 aliphatic heterocycles. The summed E-state index contributed by atoms with van der Waals surface area (Å²) < 4.78 is 26.2. The summed E-state index contributed by atoms with van der Waals surface area (Å²) >= 11 is 0. The second-order valence-electron chi connectivity index (χ2n) is 4.19. The third-order valence-corrected chi connectivity index (χ3v) is 2.60. The van der Waals surface area contributed by atoms with Crippen molar-refractivity contribution in [3.63, 3.8) is 0 Å². The number of benzene rings is 2. The van der Waals surface area contributed by atoms with Gasteiger partial charge in [0.1, 0.15) is 11.6 Å². The maximum absolute atomic E-state index is 13.1. The van der Waals surface area contributed by atoms with Crippen molar-refractivity contribution in [3.05, 3.63) is 59.2 Å². The molecule has 0 aliphatic carbocycles. The average Bonchev–Trinajstić information content (AvgIpc) is 2.31. The fraction of sp³-hybridized carbons (Fsp3) is 0.0714. The fourth-order valence-corrected chi connectivity index (χ4v) is 1.67. The van der Waals surface area contributed by atoms with Gasteiger partial charge in [0.05, 0.1) is 0 Å². The molecule has 2 aromatic rings. The lowest BCUT2D eigenvalue weighted by Crippen LogP contribution is -2.12. The van der Waals surface area contributed by atoms with Gasteiger partial charge in [0, 0.05) is 16.9 Å². The molecule has 0 spiro atoms. The number of nitrogen functional groups attached to an aromatic ring is 1. The first kappa shape index (κ1) is 13.0. The number of halogens is 2. The van der Waals surface area contributed by atoms with Crippen molar-refractivity contribution in [2.24, 2.45) is 0 Å². The van der Waals surface area contributed by atoms with E-state index < -0.39 is 11.7 Å². The molecule has 0 saturated carbocycles. The van der Waals surface area contributed by atoms with E-state index in [0.29, 0.717) is 11.1 Å². The summed E-state index contributed by atoms with van der Waals surface area (Å²) in [6.07, 6.45) is 0. The Balaban J connectivity index is 2.22. The molecule has 2 rings (SSSR count). The van der Waals surface area contributed by atoms with E-state index in [1.807, 2.05) is 0 Å². The molecule has 1 amide bonds. The molecular formula is C14H12F2N2O. The van der Waals surface area contributed by atoms with Gasteiger partial charge in [-0.1, -0.05) is 0 Å². The first-order chi connectivity index (χ1) is 8.95. The number of aryl methyl sites for hydroxylation is 1. The summed E-state index contributed by atoms with van der Waals surface area (Å²) in [4.78, 5) is 11.9. The maximum atomic E-state index is 13.1. The van der Waals surface area contributed by atoms with E-state index in [2.05, 4.69) is 5.32 Å². The minimum absolute atomic E-state index is 0.214. The van der Waals surface area contributed by atoms with Crippen LogP contribution in [0.15, 0.2) is 36.4 Å². The number of anilines is 2. The first-order valence-electron chi connectivity index (χ1n) is 5.59. The number of nitrogens with one attached hydrogen (secondary N) is 1. The first-order valence-corrected chi connectivity index (χ1v) is 5.59. The molecule has 0 fully saturated rings. The van der Waals surface area contributed by atoms with Gasteiger partial charge in [0.2, 0.25) is 0 Å². The normalized spacial score (nSPS) is 10.3. The van der Waals surface area contributed by atoms with Crippen LogP contribution >= 0.6 is 0 Å². The van der Waals surface area contributed by atoms with Gasteiger partial charge >= 0.3 is 0 Å². The molecule has 0 unspecified atom stereocenters. The van der Waals surface area contributed by atoms with Crippen LogP contribution in [0.5, 0.6) is 0 Å². The zero-order valence-electron chi connectivity index (χ0n) is 10.2. The number of hydrogen-bond acceptors (Lipinski definition) is 2. The van der Waals surface area contributed by atoms with Crippen molar-refractivity contribution < 1.29 is 13.6 Å². The zero-order valence-corrected chi connectivity index (χ0v) is 10.2. The Hall–Kier alpha value is -2.43. The number of carbonyl (C=O) groups excluding carboxylic acids is 1. The number of amides is 1. The summed E-state index contributed by atoms with van der Waals surface area (Å²) in [7, 11) is 0. The van der Waals surface area contributed by atoms with Gasteiger partial charge in [-0.2, -0.15) is 0 Å². The zero-order chi connectivity index (χ0) is 14.0. The Morgan fingerprint density at radius 2 is 1.89 bits per heavy atom. The number of rotatable bonds is 2. The van der Waals surface area contributed by atoms with Gasteiger partial charge in [0.15, 0.2) is 0 Å². The minimum atomic E-state index is -0.536. The quantitative estimate of drug-likeness (QED) is 0.817. The Kier molecular flexibility index (Phi) is 3.46. The molecule has 0 aliphatic rings. The number of nitrogens with two attached hydrogens (primary N) is 1. The van der Waals surface area contributed by atoms with E-state index in [9.17, 15) is 13.6 Å². The molecule has 5 heteroatoms. The van der Waals surface area contributed by atoms with Gasteiger partial charge in [-0.25, -0.2) is 8.78 Å². The predicted octanol–water partition coefficient (Wildman–Crippen LogP) is 3.11. The summed E-state index contributed by atoms with van der Waals surface area (Å²) in [5.41, 5.74) is 6.60. The highest BCUT2D eigenvalue weighted by atomic mass is 19.1. The van der Waals surface area contributed by atoms with Crippen LogP contribution in [0.2, 0.25) is 0 Å². The van der Waals surface area contributed by atoms with E-state index in [1.54, 1.807) is 6.92 Å². The van der Waals surface area contributed by atoms with Crippen LogP contribution in [0.25, 0.3) is 0 Å². The van der Waals surface area contributed by atoms with Crippen LogP contribution in [0.3, 0.4) is 0 Å². The third kappa shape index (κ3) is 3.07. The topological polar surface area (TPSA) is 55.1 Å². The smallest absolute Gasteiger partial charge is 0.255 e. The Labute approximate surface area is 109 Å². The standard InChI is InChI=1S/C14H12F2N2O/c1-8-4-9(2-3-13(8)16)14(19)18-12-6-10(15)5-11(17)7-12/h2-7H,17H2,1H3,(H,18,19). The van der Waals surface area contributed by atoms with E-state index in [0.717, 1.165) is 12.1 Å².